The van der Waals surface area contributed by atoms with Gasteiger partial charge in [-0.25, -0.2) is 0 Å². The normalized spacial score (nSPS) is 31.3. The van der Waals surface area contributed by atoms with Crippen molar-refractivity contribution in [2.75, 3.05) is 19.6 Å². The molecule has 5 heteroatoms. The van der Waals surface area contributed by atoms with E-state index in [0.29, 0.717) is 37.6 Å². The van der Waals surface area contributed by atoms with Crippen LogP contribution in [-0.4, -0.2) is 42.8 Å². The van der Waals surface area contributed by atoms with Crippen molar-refractivity contribution in [2.45, 2.75) is 70.6 Å². The van der Waals surface area contributed by atoms with E-state index in [9.17, 15) is 13.2 Å². The molecule has 124 valence electrons. The van der Waals surface area contributed by atoms with Crippen molar-refractivity contribution in [1.82, 2.24) is 10.2 Å². The van der Waals surface area contributed by atoms with Gasteiger partial charge in [0.2, 0.25) is 0 Å². The van der Waals surface area contributed by atoms with Crippen LogP contribution in [0, 0.1) is 11.8 Å². The highest BCUT2D eigenvalue weighted by Crippen LogP contribution is 2.37. The van der Waals surface area contributed by atoms with Crippen molar-refractivity contribution in [3.8, 4) is 0 Å². The quantitative estimate of drug-likeness (QED) is 0.849. The van der Waals surface area contributed by atoms with E-state index in [-0.39, 0.29) is 6.04 Å². The number of nitrogens with zero attached hydrogens (tertiary/aromatic N) is 1. The Morgan fingerprint density at radius 3 is 2.10 bits per heavy atom. The number of hydrogen-bond acceptors (Lipinski definition) is 2. The molecule has 1 aliphatic heterocycles. The second kappa shape index (κ2) is 7.32. The maximum Gasteiger partial charge on any atom is 0.391 e. The molecule has 1 atom stereocenters. The molecule has 1 saturated carbocycles. The lowest BCUT2D eigenvalue weighted by Crippen LogP contribution is -2.47. The average Bonchev–Trinajstić information content (AvgIpc) is 2.47. The van der Waals surface area contributed by atoms with E-state index < -0.39 is 12.1 Å². The van der Waals surface area contributed by atoms with Crippen LogP contribution in [0.3, 0.4) is 0 Å². The highest BCUT2D eigenvalue weighted by Gasteiger charge is 2.41. The van der Waals surface area contributed by atoms with Crippen molar-refractivity contribution < 1.29 is 13.2 Å². The fourth-order valence-corrected chi connectivity index (χ4v) is 3.86. The van der Waals surface area contributed by atoms with Crippen LogP contribution in [0.5, 0.6) is 0 Å². The molecule has 0 aromatic rings. The van der Waals surface area contributed by atoms with E-state index >= 15 is 0 Å². The molecule has 1 heterocycles. The van der Waals surface area contributed by atoms with Crippen molar-refractivity contribution in [3.63, 3.8) is 0 Å². The zero-order chi connectivity index (χ0) is 15.5. The van der Waals surface area contributed by atoms with Crippen LogP contribution in [0.2, 0.25) is 0 Å². The molecule has 0 amide bonds. The molecule has 2 rings (SSSR count). The molecule has 21 heavy (non-hydrogen) atoms. The first-order valence-electron chi connectivity index (χ1n) is 8.45. The fraction of sp³-hybridized carbons (Fsp3) is 1.00. The van der Waals surface area contributed by atoms with Gasteiger partial charge in [-0.15, -0.1) is 0 Å². The molecule has 1 aliphatic carbocycles. The second-order valence-electron chi connectivity index (χ2n) is 6.82. The Bertz CT molecular complexity index is 303. The SMILES string of the molecule is CCN1CCC(C(C)NC2CCC(C(F)(F)F)CC2)CC1. The molecule has 0 aromatic heterocycles. The van der Waals surface area contributed by atoms with Crippen molar-refractivity contribution >= 4 is 0 Å². The predicted octanol–water partition coefficient (Wildman–Crippen LogP) is 3.82. The van der Waals surface area contributed by atoms with Crippen molar-refractivity contribution in [2.24, 2.45) is 11.8 Å². The molecule has 1 saturated heterocycles. The molecule has 0 spiro atoms. The number of piperidine rings is 1. The number of alkyl halides is 3. The van der Waals surface area contributed by atoms with E-state index in [1.165, 1.54) is 12.8 Å². The third-order valence-corrected chi connectivity index (χ3v) is 5.48. The van der Waals surface area contributed by atoms with Gasteiger partial charge in [0.05, 0.1) is 5.92 Å². The molecule has 1 N–H and O–H groups in total. The molecule has 2 fully saturated rings. The van der Waals surface area contributed by atoms with E-state index in [2.05, 4.69) is 24.1 Å². The summed E-state index contributed by atoms with van der Waals surface area (Å²) in [7, 11) is 0. The molecule has 2 nitrogen and oxygen atoms in total. The van der Waals surface area contributed by atoms with Crippen LogP contribution in [0.15, 0.2) is 0 Å². The zero-order valence-corrected chi connectivity index (χ0v) is 13.3. The van der Waals surface area contributed by atoms with Crippen LogP contribution >= 0.6 is 0 Å². The lowest BCUT2D eigenvalue weighted by Gasteiger charge is -2.38. The summed E-state index contributed by atoms with van der Waals surface area (Å²) in [5, 5.41) is 3.61. The Balaban J connectivity index is 1.71. The number of nitrogens with one attached hydrogen (secondary N) is 1. The number of likely N-dealkylation sites (tertiary alicyclic amines) is 1. The first-order valence-corrected chi connectivity index (χ1v) is 8.45. The van der Waals surface area contributed by atoms with Crippen LogP contribution in [0.1, 0.15) is 52.4 Å². The van der Waals surface area contributed by atoms with Gasteiger partial charge in [0.25, 0.3) is 0 Å². The summed E-state index contributed by atoms with van der Waals surface area (Å²) < 4.78 is 38.0. The van der Waals surface area contributed by atoms with Gasteiger partial charge in [-0.05, 0) is 71.0 Å². The Labute approximate surface area is 126 Å². The topological polar surface area (TPSA) is 15.3 Å². The first-order chi connectivity index (χ1) is 9.90. The average molecular weight is 306 g/mol. The Hall–Kier alpha value is -0.290. The van der Waals surface area contributed by atoms with Gasteiger partial charge in [-0.2, -0.15) is 13.2 Å². The van der Waals surface area contributed by atoms with Crippen molar-refractivity contribution in [1.29, 1.82) is 0 Å². The van der Waals surface area contributed by atoms with Crippen LogP contribution in [0.25, 0.3) is 0 Å². The molecule has 0 bridgehead atoms. The monoisotopic (exact) mass is 306 g/mol. The minimum atomic E-state index is -4.00. The third-order valence-electron chi connectivity index (χ3n) is 5.48. The number of halogens is 3. The second-order valence-corrected chi connectivity index (χ2v) is 6.82. The Kier molecular flexibility index (Phi) is 5.95. The standard InChI is InChI=1S/C16H29F3N2/c1-3-21-10-8-13(9-11-21)12(2)20-15-6-4-14(5-7-15)16(17,18)19/h12-15,20H,3-11H2,1-2H3. The highest BCUT2D eigenvalue weighted by atomic mass is 19.4. The minimum Gasteiger partial charge on any atom is -0.311 e. The molecule has 2 aliphatic rings. The largest absolute Gasteiger partial charge is 0.391 e. The number of hydrogen-bond donors (Lipinski definition) is 1. The van der Waals surface area contributed by atoms with Crippen molar-refractivity contribution in [3.05, 3.63) is 0 Å². The lowest BCUT2D eigenvalue weighted by molar-refractivity contribution is -0.182. The van der Waals surface area contributed by atoms with Gasteiger partial charge >= 0.3 is 6.18 Å². The Morgan fingerprint density at radius 2 is 1.62 bits per heavy atom. The lowest BCUT2D eigenvalue weighted by atomic mass is 9.84. The summed E-state index contributed by atoms with van der Waals surface area (Å²) in [6, 6.07) is 0.708. The summed E-state index contributed by atoms with van der Waals surface area (Å²) in [6.45, 7) is 7.85. The van der Waals surface area contributed by atoms with Crippen LogP contribution in [-0.2, 0) is 0 Å². The molecule has 0 radical (unpaired) electrons. The molecule has 1 unspecified atom stereocenters. The summed E-state index contributed by atoms with van der Waals surface area (Å²) in [4.78, 5) is 2.47. The van der Waals surface area contributed by atoms with Gasteiger partial charge in [-0.1, -0.05) is 6.92 Å². The van der Waals surface area contributed by atoms with Gasteiger partial charge in [0.1, 0.15) is 0 Å². The molecular formula is C16H29F3N2. The van der Waals surface area contributed by atoms with E-state index in [4.69, 9.17) is 0 Å². The van der Waals surface area contributed by atoms with Crippen LogP contribution in [0.4, 0.5) is 13.2 Å². The predicted molar refractivity (Wildman–Crippen MR) is 79.2 cm³/mol. The summed E-state index contributed by atoms with van der Waals surface area (Å²) in [6.07, 6.45) is 0.346. The molecule has 0 aromatic carbocycles. The fourth-order valence-electron chi connectivity index (χ4n) is 3.86. The molecular weight excluding hydrogens is 277 g/mol. The van der Waals surface area contributed by atoms with Gasteiger partial charge in [0.15, 0.2) is 0 Å². The minimum absolute atomic E-state index is 0.280. The van der Waals surface area contributed by atoms with Gasteiger partial charge in [0, 0.05) is 12.1 Å². The summed E-state index contributed by atoms with van der Waals surface area (Å²) in [5.41, 5.74) is 0. The summed E-state index contributed by atoms with van der Waals surface area (Å²) >= 11 is 0. The third kappa shape index (κ3) is 4.85. The zero-order valence-electron chi connectivity index (χ0n) is 13.3. The number of rotatable bonds is 4. The maximum atomic E-state index is 12.7. The highest BCUT2D eigenvalue weighted by molar-refractivity contribution is 4.85. The maximum absolute atomic E-state index is 12.7. The van der Waals surface area contributed by atoms with E-state index in [1.54, 1.807) is 0 Å². The van der Waals surface area contributed by atoms with E-state index in [1.807, 2.05) is 0 Å². The summed E-state index contributed by atoms with van der Waals surface area (Å²) in [5.74, 6) is -0.396. The first kappa shape index (κ1) is 17.1. The van der Waals surface area contributed by atoms with E-state index in [0.717, 1.165) is 19.6 Å². The van der Waals surface area contributed by atoms with Gasteiger partial charge in [-0.3, -0.25) is 0 Å². The van der Waals surface area contributed by atoms with Gasteiger partial charge < -0.3 is 10.2 Å². The van der Waals surface area contributed by atoms with Crippen LogP contribution < -0.4 is 5.32 Å². The smallest absolute Gasteiger partial charge is 0.311 e. The Morgan fingerprint density at radius 1 is 1.05 bits per heavy atom.